The van der Waals surface area contributed by atoms with Crippen LogP contribution >= 0.6 is 12.2 Å². The Kier molecular flexibility index (Phi) is 9.26. The number of rotatable bonds is 10. The smallest absolute Gasteiger partial charge is 0.307 e. The van der Waals surface area contributed by atoms with Gasteiger partial charge < -0.3 is 10.2 Å². The summed E-state index contributed by atoms with van der Waals surface area (Å²) in [6.07, 6.45) is 3.85. The van der Waals surface area contributed by atoms with Crippen LogP contribution in [0.3, 0.4) is 0 Å². The van der Waals surface area contributed by atoms with Gasteiger partial charge >= 0.3 is 5.88 Å². The first-order chi connectivity index (χ1) is 22.9. The Morgan fingerprint density at radius 1 is 0.851 bits per heavy atom. The van der Waals surface area contributed by atoms with Gasteiger partial charge in [0.05, 0.1) is 12.1 Å². The van der Waals surface area contributed by atoms with E-state index in [0.717, 1.165) is 11.1 Å². The van der Waals surface area contributed by atoms with E-state index in [1.807, 2.05) is 91.0 Å². The van der Waals surface area contributed by atoms with E-state index in [9.17, 15) is 14.4 Å². The van der Waals surface area contributed by atoms with Gasteiger partial charge in [0, 0.05) is 11.3 Å². The largest absolute Gasteiger partial charge is 0.326 e. The number of thiocarbonyl (C=S) groups is 1. The summed E-state index contributed by atoms with van der Waals surface area (Å²) in [5.74, 6) is -0.968. The van der Waals surface area contributed by atoms with Crippen molar-refractivity contribution >= 4 is 64.5 Å². The van der Waals surface area contributed by atoms with Crippen molar-refractivity contribution in [2.24, 2.45) is 7.05 Å². The lowest BCUT2D eigenvalue weighted by Crippen LogP contribution is -2.43. The average molecular weight is 644 g/mol. The SMILES string of the molecule is C[n+]1noc(NC(=O)c2ccccc2)c1CN1C(=S)N(c2ccccc2)C(=O)C1CC(=O)Nc1ccc(/C=C/c2ccccc2)cc1. The summed E-state index contributed by atoms with van der Waals surface area (Å²) in [5, 5.41) is 9.87. The topological polar surface area (TPSA) is 112 Å². The highest BCUT2D eigenvalue weighted by molar-refractivity contribution is 7.80. The van der Waals surface area contributed by atoms with Gasteiger partial charge in [-0.2, -0.15) is 0 Å². The molecular formula is C36H31N6O4S+. The van der Waals surface area contributed by atoms with Crippen molar-refractivity contribution in [3.8, 4) is 0 Å². The van der Waals surface area contributed by atoms with Gasteiger partial charge in [-0.15, -0.1) is 0 Å². The zero-order valence-corrected chi connectivity index (χ0v) is 26.3. The molecule has 0 radical (unpaired) electrons. The summed E-state index contributed by atoms with van der Waals surface area (Å²) < 4.78 is 6.91. The number of carbonyl (C=O) groups excluding carboxylic acids is 3. The van der Waals surface area contributed by atoms with Crippen LogP contribution in [-0.4, -0.2) is 39.0 Å². The van der Waals surface area contributed by atoms with Crippen molar-refractivity contribution < 1.29 is 23.6 Å². The molecule has 47 heavy (non-hydrogen) atoms. The summed E-state index contributed by atoms with van der Waals surface area (Å²) in [5.41, 5.74) is 4.15. The molecule has 1 saturated heterocycles. The molecule has 1 aliphatic rings. The molecular weight excluding hydrogens is 613 g/mol. The molecule has 0 aliphatic carbocycles. The molecule has 234 valence electrons. The maximum atomic E-state index is 13.9. The molecule has 1 aromatic heterocycles. The monoisotopic (exact) mass is 643 g/mol. The number of benzene rings is 4. The predicted molar refractivity (Wildman–Crippen MR) is 183 cm³/mol. The summed E-state index contributed by atoms with van der Waals surface area (Å²) in [6.45, 7) is 0.0404. The molecule has 4 aromatic carbocycles. The first kappa shape index (κ1) is 31.1. The molecule has 0 saturated carbocycles. The summed E-state index contributed by atoms with van der Waals surface area (Å²) in [7, 11) is 1.66. The quantitative estimate of drug-likeness (QED) is 0.118. The number of hydrogen-bond donors (Lipinski definition) is 2. The van der Waals surface area contributed by atoms with E-state index < -0.39 is 6.04 Å². The van der Waals surface area contributed by atoms with Gasteiger partial charge in [0.15, 0.2) is 12.2 Å². The Morgan fingerprint density at radius 2 is 1.45 bits per heavy atom. The Labute approximate surface area is 276 Å². The van der Waals surface area contributed by atoms with Crippen LogP contribution in [-0.2, 0) is 23.2 Å². The second-order valence-electron chi connectivity index (χ2n) is 10.8. The van der Waals surface area contributed by atoms with Crippen molar-refractivity contribution in [2.75, 3.05) is 15.5 Å². The van der Waals surface area contributed by atoms with Crippen molar-refractivity contribution in [3.63, 3.8) is 0 Å². The van der Waals surface area contributed by atoms with Crippen LogP contribution in [0.1, 0.15) is 33.6 Å². The van der Waals surface area contributed by atoms with E-state index in [0.29, 0.717) is 22.6 Å². The van der Waals surface area contributed by atoms with E-state index in [4.69, 9.17) is 16.7 Å². The number of aromatic nitrogens is 2. The van der Waals surface area contributed by atoms with Crippen LogP contribution in [0.2, 0.25) is 0 Å². The van der Waals surface area contributed by atoms with Crippen LogP contribution < -0.4 is 20.2 Å². The molecule has 1 atom stereocenters. The van der Waals surface area contributed by atoms with Gasteiger partial charge in [0.1, 0.15) is 12.6 Å². The van der Waals surface area contributed by atoms with Crippen LogP contribution in [0.15, 0.2) is 120 Å². The Bertz CT molecular complexity index is 1930. The summed E-state index contributed by atoms with van der Waals surface area (Å²) >= 11 is 5.82. The second-order valence-corrected chi connectivity index (χ2v) is 11.2. The number of anilines is 3. The van der Waals surface area contributed by atoms with Gasteiger partial charge in [-0.3, -0.25) is 29.1 Å². The molecule has 0 bridgehead atoms. The highest BCUT2D eigenvalue weighted by Crippen LogP contribution is 2.29. The third-order valence-electron chi connectivity index (χ3n) is 7.66. The van der Waals surface area contributed by atoms with Crippen LogP contribution in [0.25, 0.3) is 12.2 Å². The zero-order valence-electron chi connectivity index (χ0n) is 25.4. The molecule has 1 fully saturated rings. The Balaban J connectivity index is 1.20. The fourth-order valence-electron chi connectivity index (χ4n) is 5.20. The number of para-hydroxylation sites is 1. The van der Waals surface area contributed by atoms with Crippen LogP contribution in [0.4, 0.5) is 17.3 Å². The van der Waals surface area contributed by atoms with E-state index in [-0.39, 0.29) is 41.7 Å². The molecule has 0 spiro atoms. The number of amides is 3. The lowest BCUT2D eigenvalue weighted by molar-refractivity contribution is -0.746. The van der Waals surface area contributed by atoms with Crippen LogP contribution in [0.5, 0.6) is 0 Å². The highest BCUT2D eigenvalue weighted by Gasteiger charge is 2.46. The number of aryl methyl sites for hydroxylation is 1. The van der Waals surface area contributed by atoms with Gasteiger partial charge in [0.2, 0.25) is 11.2 Å². The maximum Gasteiger partial charge on any atom is 0.307 e. The van der Waals surface area contributed by atoms with E-state index in [1.165, 1.54) is 9.58 Å². The molecule has 1 unspecified atom stereocenters. The van der Waals surface area contributed by atoms with Crippen molar-refractivity contribution in [1.29, 1.82) is 0 Å². The molecule has 10 nitrogen and oxygen atoms in total. The minimum atomic E-state index is -0.927. The van der Waals surface area contributed by atoms with Gasteiger partial charge in [0.25, 0.3) is 17.5 Å². The lowest BCUT2D eigenvalue weighted by atomic mass is 10.1. The Morgan fingerprint density at radius 3 is 2.11 bits per heavy atom. The van der Waals surface area contributed by atoms with Crippen molar-refractivity contribution in [2.45, 2.75) is 19.0 Å². The Hall–Kier alpha value is -5.94. The van der Waals surface area contributed by atoms with Crippen molar-refractivity contribution in [1.82, 2.24) is 10.2 Å². The highest BCUT2D eigenvalue weighted by atomic mass is 32.1. The molecule has 11 heteroatoms. The standard InChI is InChI=1S/C36H30N6O4S/c1-40-31(34(46-39-40)38-33(44)27-13-7-3-8-14-27)24-41-30(35(45)42(36(41)47)29-15-9-4-10-16-29)23-32(43)37-28-21-19-26(20-22-28)18-17-25-11-5-2-6-12-25/h2-22,30H,23-24H2,1H3,(H-,37,38,39,43,44)/p+1/b18-17+. The third kappa shape index (κ3) is 7.15. The zero-order chi connectivity index (χ0) is 32.8. The molecule has 3 amide bonds. The third-order valence-corrected chi connectivity index (χ3v) is 8.08. The number of nitrogens with zero attached hydrogens (tertiary/aromatic N) is 4. The normalized spacial score (nSPS) is 14.5. The molecule has 6 rings (SSSR count). The van der Waals surface area contributed by atoms with Gasteiger partial charge in [-0.1, -0.05) is 91.0 Å². The fraction of sp³-hybridized carbons (Fsp3) is 0.111. The van der Waals surface area contributed by atoms with Crippen LogP contribution in [0, 0.1) is 0 Å². The average Bonchev–Trinajstić information content (AvgIpc) is 3.55. The first-order valence-electron chi connectivity index (χ1n) is 14.9. The minimum absolute atomic E-state index is 0.0404. The number of carbonyl (C=O) groups is 3. The molecule has 1 aliphatic heterocycles. The first-order valence-corrected chi connectivity index (χ1v) is 15.3. The lowest BCUT2D eigenvalue weighted by Gasteiger charge is -2.22. The number of hydrogen-bond acceptors (Lipinski definition) is 6. The molecule has 2 heterocycles. The second kappa shape index (κ2) is 14.0. The predicted octanol–water partition coefficient (Wildman–Crippen LogP) is 5.45. The van der Waals surface area contributed by atoms with E-state index in [1.54, 1.807) is 48.3 Å². The van der Waals surface area contributed by atoms with Gasteiger partial charge in [-0.05, 0) is 64.4 Å². The van der Waals surface area contributed by atoms with Crippen molar-refractivity contribution in [3.05, 3.63) is 138 Å². The minimum Gasteiger partial charge on any atom is -0.326 e. The fourth-order valence-corrected chi connectivity index (χ4v) is 5.58. The van der Waals surface area contributed by atoms with Gasteiger partial charge in [-0.25, -0.2) is 0 Å². The molecule has 5 aromatic rings. The summed E-state index contributed by atoms with van der Waals surface area (Å²) in [4.78, 5) is 43.3. The molecule has 2 N–H and O–H groups in total. The van der Waals surface area contributed by atoms with E-state index >= 15 is 0 Å². The van der Waals surface area contributed by atoms with E-state index in [2.05, 4.69) is 15.9 Å². The summed E-state index contributed by atoms with van der Waals surface area (Å²) in [6, 6.07) is 34.2. The number of nitrogens with one attached hydrogen (secondary N) is 2. The maximum absolute atomic E-state index is 13.9.